The van der Waals surface area contributed by atoms with Crippen LogP contribution >= 0.6 is 0 Å². The molecule has 0 bridgehead atoms. The van der Waals surface area contributed by atoms with E-state index in [2.05, 4.69) is 5.16 Å². The number of ether oxygens (including phenoxy) is 1. The predicted octanol–water partition coefficient (Wildman–Crippen LogP) is -3.62. The van der Waals surface area contributed by atoms with E-state index in [4.69, 9.17) is 9.94 Å². The van der Waals surface area contributed by atoms with E-state index in [1.807, 2.05) is 26.4 Å². The van der Waals surface area contributed by atoms with Crippen LogP contribution in [0.1, 0.15) is 19.8 Å². The molecule has 0 aromatic rings. The minimum absolute atomic E-state index is 0. The van der Waals surface area contributed by atoms with E-state index < -0.39 is 0 Å². The number of nitrogens with zero attached hydrogens (tertiary/aromatic N) is 2. The van der Waals surface area contributed by atoms with Crippen molar-refractivity contribution in [2.75, 3.05) is 13.8 Å². The summed E-state index contributed by atoms with van der Waals surface area (Å²) in [6.45, 7) is 2.11. The molecule has 0 saturated heterocycles. The van der Waals surface area contributed by atoms with Gasteiger partial charge in [0.2, 0.25) is 6.17 Å². The molecule has 1 rings (SSSR count). The number of quaternary nitrogens is 1. The summed E-state index contributed by atoms with van der Waals surface area (Å²) in [5, 5.41) is 11.5. The van der Waals surface area contributed by atoms with Gasteiger partial charge >= 0.3 is 5.97 Å². The second-order valence-corrected chi connectivity index (χ2v) is 3.68. The number of rotatable bonds is 5. The molecular weight excluding hydrogens is 246 g/mol. The van der Waals surface area contributed by atoms with E-state index in [9.17, 15) is 4.79 Å². The zero-order valence-corrected chi connectivity index (χ0v) is 10.7. The van der Waals surface area contributed by atoms with Gasteiger partial charge in [0.1, 0.15) is 12.4 Å². The van der Waals surface area contributed by atoms with Gasteiger partial charge in [0.05, 0.1) is 13.2 Å². The monoisotopic (exact) mass is 263 g/mol. The molecule has 0 fully saturated rings. The Labute approximate surface area is 107 Å². The van der Waals surface area contributed by atoms with Crippen molar-refractivity contribution in [1.82, 2.24) is 4.90 Å². The first kappa shape index (κ1) is 15.7. The molecule has 0 aromatic carbocycles. The molecular formula is C10H18ClN3O3. The van der Waals surface area contributed by atoms with Crippen LogP contribution in [0.25, 0.3) is 0 Å². The van der Waals surface area contributed by atoms with Crippen LogP contribution in [0.2, 0.25) is 0 Å². The summed E-state index contributed by atoms with van der Waals surface area (Å²) in [5.41, 5.74) is 0. The first-order valence-corrected chi connectivity index (χ1v) is 5.29. The first-order valence-electron chi connectivity index (χ1n) is 5.29. The minimum Gasteiger partial charge on any atom is -1.00 e. The van der Waals surface area contributed by atoms with Crippen LogP contribution in [0.4, 0.5) is 0 Å². The van der Waals surface area contributed by atoms with Crippen molar-refractivity contribution >= 4 is 12.2 Å². The van der Waals surface area contributed by atoms with Gasteiger partial charge < -0.3 is 22.4 Å². The van der Waals surface area contributed by atoms with E-state index >= 15 is 0 Å². The van der Waals surface area contributed by atoms with E-state index in [1.165, 1.54) is 6.21 Å². The Hall–Kier alpha value is -1.27. The zero-order valence-electron chi connectivity index (χ0n) is 9.97. The minimum atomic E-state index is -0.208. The topological polar surface area (TPSA) is 66.6 Å². The molecule has 2 unspecified atom stereocenters. The van der Waals surface area contributed by atoms with E-state index in [0.29, 0.717) is 6.42 Å². The fourth-order valence-electron chi connectivity index (χ4n) is 1.48. The Kier molecular flexibility index (Phi) is 7.32. The Morgan fingerprint density at radius 3 is 3.00 bits per heavy atom. The Bertz CT molecular complexity index is 297. The normalized spacial score (nSPS) is 22.8. The van der Waals surface area contributed by atoms with Crippen molar-refractivity contribution in [2.45, 2.75) is 25.9 Å². The van der Waals surface area contributed by atoms with Gasteiger partial charge in [-0.25, -0.2) is 0 Å². The van der Waals surface area contributed by atoms with E-state index in [1.54, 1.807) is 4.90 Å². The number of nitrogens with one attached hydrogen (secondary N) is 1. The second kappa shape index (κ2) is 7.92. The Balaban J connectivity index is 0.00000256. The maximum Gasteiger partial charge on any atom is 0.307 e. The molecule has 0 saturated carbocycles. The van der Waals surface area contributed by atoms with Crippen LogP contribution in [-0.4, -0.2) is 42.2 Å². The lowest BCUT2D eigenvalue weighted by Gasteiger charge is -2.21. The molecule has 98 valence electrons. The summed E-state index contributed by atoms with van der Waals surface area (Å²) >= 11 is 0. The number of carbonyl (C=O) groups is 1. The first-order chi connectivity index (χ1) is 7.69. The third-order valence-electron chi connectivity index (χ3n) is 2.39. The molecule has 0 radical (unpaired) electrons. The van der Waals surface area contributed by atoms with Gasteiger partial charge in [-0.15, -0.1) is 0 Å². The third kappa shape index (κ3) is 4.62. The summed E-state index contributed by atoms with van der Waals surface area (Å²) in [5.74, 6) is -0.208. The van der Waals surface area contributed by atoms with Crippen LogP contribution < -0.4 is 17.3 Å². The van der Waals surface area contributed by atoms with E-state index in [-0.39, 0.29) is 31.3 Å². The van der Waals surface area contributed by atoms with E-state index in [0.717, 1.165) is 11.3 Å². The molecule has 0 aliphatic carbocycles. The van der Waals surface area contributed by atoms with Crippen molar-refractivity contribution in [1.29, 1.82) is 0 Å². The number of halogens is 1. The molecule has 17 heavy (non-hydrogen) atoms. The SMILES string of the molecule is CCCC(=O)OCN1C=C[NH+](C)C1/C=N\O.[Cl-]. The molecule has 7 heteroatoms. The summed E-state index contributed by atoms with van der Waals surface area (Å²) in [7, 11) is 1.93. The van der Waals surface area contributed by atoms with Gasteiger partial charge in [0.15, 0.2) is 6.73 Å². The van der Waals surface area contributed by atoms with Crippen molar-refractivity contribution in [3.63, 3.8) is 0 Å². The molecule has 2 atom stereocenters. The lowest BCUT2D eigenvalue weighted by molar-refractivity contribution is -0.843. The van der Waals surface area contributed by atoms with Crippen molar-refractivity contribution in [3.05, 3.63) is 12.4 Å². The van der Waals surface area contributed by atoms with Crippen LogP contribution in [0.3, 0.4) is 0 Å². The van der Waals surface area contributed by atoms with Gasteiger partial charge in [-0.05, 0) is 6.42 Å². The Morgan fingerprint density at radius 1 is 1.71 bits per heavy atom. The van der Waals surface area contributed by atoms with Crippen LogP contribution in [0, 0.1) is 0 Å². The fraction of sp³-hybridized carbons (Fsp3) is 0.600. The van der Waals surface area contributed by atoms with Gasteiger partial charge in [0.25, 0.3) is 0 Å². The highest BCUT2D eigenvalue weighted by atomic mass is 35.5. The van der Waals surface area contributed by atoms with Crippen molar-refractivity contribution < 1.29 is 32.0 Å². The number of hydrogen-bond acceptors (Lipinski definition) is 5. The zero-order chi connectivity index (χ0) is 12.0. The lowest BCUT2D eigenvalue weighted by atomic mass is 10.3. The average molecular weight is 264 g/mol. The average Bonchev–Trinajstić information content (AvgIpc) is 2.59. The van der Waals surface area contributed by atoms with Crippen LogP contribution in [0.5, 0.6) is 0 Å². The van der Waals surface area contributed by atoms with Gasteiger partial charge in [-0.3, -0.25) is 14.6 Å². The Morgan fingerprint density at radius 2 is 2.41 bits per heavy atom. The predicted molar refractivity (Wildman–Crippen MR) is 57.8 cm³/mol. The summed E-state index contributed by atoms with van der Waals surface area (Å²) in [6.07, 6.45) is 6.21. The molecule has 1 aliphatic rings. The number of hydrogen-bond donors (Lipinski definition) is 2. The van der Waals surface area contributed by atoms with Crippen LogP contribution in [0.15, 0.2) is 17.6 Å². The summed E-state index contributed by atoms with van der Waals surface area (Å²) in [4.78, 5) is 14.0. The number of carbonyl (C=O) groups excluding carboxylic acids is 1. The van der Waals surface area contributed by atoms with Crippen molar-refractivity contribution in [2.24, 2.45) is 5.16 Å². The smallest absolute Gasteiger partial charge is 0.307 e. The fourth-order valence-corrected chi connectivity index (χ4v) is 1.48. The number of esters is 1. The van der Waals surface area contributed by atoms with Gasteiger partial charge in [-0.2, -0.15) is 0 Å². The quantitative estimate of drug-likeness (QED) is 0.233. The molecule has 2 N–H and O–H groups in total. The molecule has 0 aromatic heterocycles. The van der Waals surface area contributed by atoms with Gasteiger partial charge in [0, 0.05) is 6.42 Å². The molecule has 1 heterocycles. The summed E-state index contributed by atoms with van der Waals surface area (Å²) in [6, 6.07) is 0. The van der Waals surface area contributed by atoms with Crippen molar-refractivity contribution in [3.8, 4) is 0 Å². The number of oxime groups is 1. The molecule has 6 nitrogen and oxygen atoms in total. The summed E-state index contributed by atoms with van der Waals surface area (Å²) < 4.78 is 5.07. The standard InChI is InChI=1S/C10H17N3O3.ClH/c1-3-4-10(14)16-8-13-6-5-12(2)9(13)7-11-15;/h5-7,9,15H,3-4,8H2,1-2H3;1H/b11-7-;. The highest BCUT2D eigenvalue weighted by molar-refractivity contribution is 5.69. The largest absolute Gasteiger partial charge is 1.00 e. The highest BCUT2D eigenvalue weighted by Crippen LogP contribution is 2.00. The molecule has 0 spiro atoms. The molecule has 1 aliphatic heterocycles. The lowest BCUT2D eigenvalue weighted by Crippen LogP contribution is -3.09. The maximum absolute atomic E-state index is 11.2. The van der Waals surface area contributed by atoms with Crippen LogP contribution in [-0.2, 0) is 9.53 Å². The molecule has 0 amide bonds. The maximum atomic E-state index is 11.2. The highest BCUT2D eigenvalue weighted by Gasteiger charge is 2.27. The second-order valence-electron chi connectivity index (χ2n) is 3.68. The van der Waals surface area contributed by atoms with Gasteiger partial charge in [-0.1, -0.05) is 12.1 Å². The third-order valence-corrected chi connectivity index (χ3v) is 2.39.